The number of carbonyl (C=O) groups excluding carboxylic acids is 1. The van der Waals surface area contributed by atoms with E-state index in [1.54, 1.807) is 19.2 Å². The van der Waals surface area contributed by atoms with Gasteiger partial charge in [0.05, 0.1) is 23.1 Å². The first-order valence-corrected chi connectivity index (χ1v) is 12.2. The maximum Gasteiger partial charge on any atom is 0.416 e. The van der Waals surface area contributed by atoms with Crippen LogP contribution in [0.15, 0.2) is 36.5 Å². The standard InChI is InChI=1S/C26H31BF3N5O/c1-4-6-7-8-9-13-25(27,5-2)35-22-16-31-21-15-20(17(3)32-23(21)34-22)33-24(36)18-11-10-12-19(14-18)26(28,29)30/h10-12,14-16H,4-9,13H2,1-3H3,(H,33,36)(H,32,34,35). The molecule has 0 aliphatic heterocycles. The van der Waals surface area contributed by atoms with Crippen molar-refractivity contribution in [1.82, 2.24) is 15.0 Å². The molecule has 0 aliphatic rings. The highest BCUT2D eigenvalue weighted by molar-refractivity contribution is 6.16. The summed E-state index contributed by atoms with van der Waals surface area (Å²) >= 11 is 0. The Bertz CT molecular complexity index is 1200. The van der Waals surface area contributed by atoms with Crippen molar-refractivity contribution in [3.8, 4) is 0 Å². The lowest BCUT2D eigenvalue weighted by Crippen LogP contribution is -2.38. The molecule has 2 N–H and O–H groups in total. The molecule has 10 heteroatoms. The van der Waals surface area contributed by atoms with Crippen molar-refractivity contribution in [3.05, 3.63) is 53.3 Å². The SMILES string of the molecule is [B]C(CC)(CCCCCCC)Nc1cnc2cc(NC(=O)c3cccc(C(F)(F)F)c3)c(C)nc2n1. The molecule has 3 aromatic rings. The van der Waals surface area contributed by atoms with Gasteiger partial charge in [-0.1, -0.05) is 52.0 Å². The minimum atomic E-state index is -4.54. The van der Waals surface area contributed by atoms with Crippen LogP contribution in [-0.2, 0) is 6.18 Å². The highest BCUT2D eigenvalue weighted by Crippen LogP contribution is 2.30. The number of rotatable bonds is 11. The molecule has 0 fully saturated rings. The zero-order chi connectivity index (χ0) is 26.3. The van der Waals surface area contributed by atoms with Crippen LogP contribution < -0.4 is 10.6 Å². The van der Waals surface area contributed by atoms with E-state index in [2.05, 4.69) is 32.5 Å². The molecule has 2 aromatic heterocycles. The zero-order valence-electron chi connectivity index (χ0n) is 20.9. The number of pyridine rings is 1. The first-order valence-electron chi connectivity index (χ1n) is 12.2. The maximum atomic E-state index is 13.0. The fourth-order valence-corrected chi connectivity index (χ4v) is 3.88. The summed E-state index contributed by atoms with van der Waals surface area (Å²) < 4.78 is 39.0. The van der Waals surface area contributed by atoms with E-state index in [0.29, 0.717) is 34.8 Å². The second kappa shape index (κ2) is 11.7. The molecular weight excluding hydrogens is 466 g/mol. The Morgan fingerprint density at radius 2 is 1.81 bits per heavy atom. The quantitative estimate of drug-likeness (QED) is 0.229. The number of aromatic nitrogens is 3. The summed E-state index contributed by atoms with van der Waals surface area (Å²) in [6.07, 6.45) is 4.31. The smallest absolute Gasteiger partial charge is 0.372 e. The van der Waals surface area contributed by atoms with Crippen molar-refractivity contribution in [2.75, 3.05) is 10.6 Å². The van der Waals surface area contributed by atoms with Crippen molar-refractivity contribution < 1.29 is 18.0 Å². The summed E-state index contributed by atoms with van der Waals surface area (Å²) in [6, 6.07) is 5.85. The van der Waals surface area contributed by atoms with Crippen molar-refractivity contribution in [2.24, 2.45) is 0 Å². The molecule has 0 spiro atoms. The molecule has 0 saturated heterocycles. The highest BCUT2D eigenvalue weighted by atomic mass is 19.4. The van der Waals surface area contributed by atoms with Crippen LogP contribution in [0.5, 0.6) is 0 Å². The molecular formula is C26H31BF3N5O. The molecule has 1 atom stereocenters. The summed E-state index contributed by atoms with van der Waals surface area (Å²) in [4.78, 5) is 26.0. The number of aryl methyl sites for hydroxylation is 1. The second-order valence-electron chi connectivity index (χ2n) is 9.05. The van der Waals surface area contributed by atoms with E-state index in [4.69, 9.17) is 7.85 Å². The van der Waals surface area contributed by atoms with Gasteiger partial charge in [-0.2, -0.15) is 13.2 Å². The summed E-state index contributed by atoms with van der Waals surface area (Å²) in [5.41, 5.74) is -0.00170. The van der Waals surface area contributed by atoms with Crippen molar-refractivity contribution in [3.63, 3.8) is 0 Å². The number of alkyl halides is 3. The molecule has 1 unspecified atom stereocenters. The van der Waals surface area contributed by atoms with Gasteiger partial charge < -0.3 is 10.6 Å². The Morgan fingerprint density at radius 1 is 1.06 bits per heavy atom. The number of nitrogens with one attached hydrogen (secondary N) is 2. The number of amides is 1. The van der Waals surface area contributed by atoms with Gasteiger partial charge in [0, 0.05) is 5.56 Å². The summed E-state index contributed by atoms with van der Waals surface area (Å²) in [5.74, 6) is -0.167. The number of hydrogen-bond acceptors (Lipinski definition) is 5. The van der Waals surface area contributed by atoms with Crippen LogP contribution in [0.2, 0.25) is 0 Å². The number of unbranched alkanes of at least 4 members (excludes halogenated alkanes) is 4. The van der Waals surface area contributed by atoms with Crippen molar-refractivity contribution >= 4 is 36.4 Å². The lowest BCUT2D eigenvalue weighted by atomic mass is 9.71. The van der Waals surface area contributed by atoms with Gasteiger partial charge in [-0.05, 0) is 49.5 Å². The fraction of sp³-hybridized carbons (Fsp3) is 0.462. The topological polar surface area (TPSA) is 79.8 Å². The van der Waals surface area contributed by atoms with E-state index >= 15 is 0 Å². The third kappa shape index (κ3) is 7.18. The Kier molecular flexibility index (Phi) is 8.92. The molecule has 2 radical (unpaired) electrons. The van der Waals surface area contributed by atoms with Crippen LogP contribution in [0, 0.1) is 6.92 Å². The van der Waals surface area contributed by atoms with Crippen molar-refractivity contribution in [1.29, 1.82) is 0 Å². The predicted octanol–water partition coefficient (Wildman–Crippen LogP) is 6.65. The van der Waals surface area contributed by atoms with Crippen LogP contribution in [-0.4, -0.2) is 34.1 Å². The molecule has 1 amide bonds. The normalized spacial score (nSPS) is 13.4. The second-order valence-corrected chi connectivity index (χ2v) is 9.05. The van der Waals surface area contributed by atoms with E-state index in [9.17, 15) is 18.0 Å². The Balaban J connectivity index is 1.74. The fourth-order valence-electron chi connectivity index (χ4n) is 3.88. The van der Waals surface area contributed by atoms with Gasteiger partial charge in [-0.15, -0.1) is 0 Å². The van der Waals surface area contributed by atoms with Crippen LogP contribution in [0.3, 0.4) is 0 Å². The largest absolute Gasteiger partial charge is 0.416 e. The number of benzene rings is 1. The lowest BCUT2D eigenvalue weighted by molar-refractivity contribution is -0.137. The van der Waals surface area contributed by atoms with Gasteiger partial charge in [0.1, 0.15) is 19.2 Å². The Hall–Kier alpha value is -3.17. The molecule has 0 saturated carbocycles. The molecule has 3 rings (SSSR count). The monoisotopic (exact) mass is 497 g/mol. The molecule has 1 aromatic carbocycles. The number of halogens is 3. The molecule has 2 heterocycles. The van der Waals surface area contributed by atoms with E-state index in [1.165, 1.54) is 31.4 Å². The van der Waals surface area contributed by atoms with Gasteiger partial charge >= 0.3 is 6.18 Å². The average Bonchev–Trinajstić information content (AvgIpc) is 2.84. The van der Waals surface area contributed by atoms with Crippen LogP contribution in [0.1, 0.15) is 80.4 Å². The molecule has 6 nitrogen and oxygen atoms in total. The number of anilines is 2. The first kappa shape index (κ1) is 27.4. The first-order chi connectivity index (χ1) is 17.0. The van der Waals surface area contributed by atoms with Crippen molar-refractivity contribution in [2.45, 2.75) is 77.3 Å². The zero-order valence-corrected chi connectivity index (χ0v) is 20.9. The van der Waals surface area contributed by atoms with E-state index in [0.717, 1.165) is 31.4 Å². The van der Waals surface area contributed by atoms with Gasteiger partial charge in [0.15, 0.2) is 5.65 Å². The van der Waals surface area contributed by atoms with Crippen LogP contribution >= 0.6 is 0 Å². The molecule has 36 heavy (non-hydrogen) atoms. The maximum absolute atomic E-state index is 13.0. The third-order valence-corrected chi connectivity index (χ3v) is 6.16. The van der Waals surface area contributed by atoms with Gasteiger partial charge in [-0.3, -0.25) is 4.79 Å². The van der Waals surface area contributed by atoms with Crippen LogP contribution in [0.25, 0.3) is 11.2 Å². The summed E-state index contributed by atoms with van der Waals surface area (Å²) in [7, 11) is 6.57. The van der Waals surface area contributed by atoms with E-state index in [-0.39, 0.29) is 5.56 Å². The predicted molar refractivity (Wildman–Crippen MR) is 137 cm³/mol. The average molecular weight is 497 g/mol. The van der Waals surface area contributed by atoms with Gasteiger partial charge in [0.25, 0.3) is 5.91 Å². The number of hydrogen-bond donors (Lipinski definition) is 2. The molecule has 0 bridgehead atoms. The Labute approximate surface area is 210 Å². The Morgan fingerprint density at radius 3 is 2.50 bits per heavy atom. The number of carbonyl (C=O) groups is 1. The number of nitrogens with zero attached hydrogens (tertiary/aromatic N) is 3. The minimum Gasteiger partial charge on any atom is -0.372 e. The number of fused-ring (bicyclic) bond motifs is 1. The van der Waals surface area contributed by atoms with Crippen LogP contribution in [0.4, 0.5) is 24.7 Å². The van der Waals surface area contributed by atoms with Gasteiger partial charge in [-0.25, -0.2) is 15.0 Å². The highest BCUT2D eigenvalue weighted by Gasteiger charge is 2.31. The van der Waals surface area contributed by atoms with E-state index < -0.39 is 23.1 Å². The lowest BCUT2D eigenvalue weighted by Gasteiger charge is -2.31. The summed E-state index contributed by atoms with van der Waals surface area (Å²) in [5, 5.41) is 5.92. The molecule has 0 aliphatic carbocycles. The third-order valence-electron chi connectivity index (χ3n) is 6.16. The van der Waals surface area contributed by atoms with Gasteiger partial charge in [0.2, 0.25) is 0 Å². The minimum absolute atomic E-state index is 0.108. The summed E-state index contributed by atoms with van der Waals surface area (Å²) in [6.45, 7) is 5.88. The van der Waals surface area contributed by atoms with E-state index in [1.807, 2.05) is 6.92 Å². The molecule has 190 valence electrons.